The number of aliphatic hydroxyl groups is 1. The van der Waals surface area contributed by atoms with Gasteiger partial charge in [0, 0.05) is 36.2 Å². The van der Waals surface area contributed by atoms with Gasteiger partial charge in [0.1, 0.15) is 11.6 Å². The second-order valence-electron chi connectivity index (χ2n) is 8.58. The molecule has 0 bridgehead atoms. The van der Waals surface area contributed by atoms with Crippen molar-refractivity contribution in [1.29, 1.82) is 0 Å². The van der Waals surface area contributed by atoms with Crippen LogP contribution in [0.5, 0.6) is 5.75 Å². The highest BCUT2D eigenvalue weighted by Crippen LogP contribution is 2.27. The maximum atomic E-state index is 13.1. The van der Waals surface area contributed by atoms with Crippen LogP contribution in [-0.4, -0.2) is 72.0 Å². The molecule has 2 heterocycles. The topological polar surface area (TPSA) is 70.1 Å². The normalized spacial score (nSPS) is 22.5. The number of ketones is 1. The van der Waals surface area contributed by atoms with E-state index in [0.717, 1.165) is 13.1 Å². The molecule has 0 aliphatic carbocycles. The molecule has 7 heteroatoms. The lowest BCUT2D eigenvalue weighted by Crippen LogP contribution is -2.57. The van der Waals surface area contributed by atoms with Crippen LogP contribution in [-0.2, 0) is 0 Å². The van der Waals surface area contributed by atoms with Crippen LogP contribution in [0.15, 0.2) is 48.5 Å². The third kappa shape index (κ3) is 4.84. The van der Waals surface area contributed by atoms with E-state index in [9.17, 15) is 19.1 Å². The largest absolute Gasteiger partial charge is 0.497 e. The third-order valence-electron chi connectivity index (χ3n) is 6.67. The Bertz CT molecular complexity index is 939. The average Bonchev–Trinajstić information content (AvgIpc) is 2.84. The number of likely N-dealkylation sites (tertiary alicyclic amines) is 2. The summed E-state index contributed by atoms with van der Waals surface area (Å²) in [6, 6.07) is 12.7. The Morgan fingerprint density at radius 3 is 2.16 bits per heavy atom. The predicted octanol–water partition coefficient (Wildman–Crippen LogP) is 3.00. The standard InChI is InChI=1S/C25H29FN2O4/c1-32-21-8-4-19(5-9-21)25(31)28-15-12-22(23(29)16-28)27-13-10-18(11-14-27)24(30)17-2-6-20(26)7-3-17/h2-9,18,22-23,29H,10-16H2,1H3. The van der Waals surface area contributed by atoms with E-state index < -0.39 is 6.10 Å². The first-order valence-corrected chi connectivity index (χ1v) is 11.1. The van der Waals surface area contributed by atoms with E-state index in [2.05, 4.69) is 4.90 Å². The molecule has 0 aromatic heterocycles. The van der Waals surface area contributed by atoms with Gasteiger partial charge in [-0.2, -0.15) is 0 Å². The van der Waals surface area contributed by atoms with Gasteiger partial charge >= 0.3 is 0 Å². The number of amides is 1. The molecule has 2 aromatic rings. The number of carbonyl (C=O) groups excluding carboxylic acids is 2. The molecule has 170 valence electrons. The van der Waals surface area contributed by atoms with Crippen molar-refractivity contribution in [2.45, 2.75) is 31.4 Å². The molecule has 1 amide bonds. The molecule has 2 atom stereocenters. The summed E-state index contributed by atoms with van der Waals surface area (Å²) in [5, 5.41) is 10.8. The van der Waals surface area contributed by atoms with Crippen molar-refractivity contribution < 1.29 is 23.8 Å². The summed E-state index contributed by atoms with van der Waals surface area (Å²) < 4.78 is 18.3. The van der Waals surface area contributed by atoms with E-state index in [1.165, 1.54) is 12.1 Å². The van der Waals surface area contributed by atoms with Crippen LogP contribution >= 0.6 is 0 Å². The van der Waals surface area contributed by atoms with Gasteiger partial charge in [-0.1, -0.05) is 0 Å². The highest BCUT2D eigenvalue weighted by Gasteiger charge is 2.36. The number of carbonyl (C=O) groups is 2. The smallest absolute Gasteiger partial charge is 0.253 e. The number of hydrogen-bond donors (Lipinski definition) is 1. The number of benzene rings is 2. The average molecular weight is 441 g/mol. The molecule has 2 aromatic carbocycles. The summed E-state index contributed by atoms with van der Waals surface area (Å²) >= 11 is 0. The Kier molecular flexibility index (Phi) is 6.86. The maximum Gasteiger partial charge on any atom is 0.253 e. The fourth-order valence-corrected chi connectivity index (χ4v) is 4.79. The fourth-order valence-electron chi connectivity index (χ4n) is 4.79. The minimum atomic E-state index is -0.629. The Morgan fingerprint density at radius 2 is 1.56 bits per heavy atom. The van der Waals surface area contributed by atoms with Gasteiger partial charge in [0.15, 0.2) is 5.78 Å². The van der Waals surface area contributed by atoms with Gasteiger partial charge < -0.3 is 14.7 Å². The number of β-amino-alcohol motifs (C(OH)–C–C–N with tert-alkyl or cyclic N) is 1. The number of ether oxygens (including phenoxy) is 1. The van der Waals surface area contributed by atoms with E-state index >= 15 is 0 Å². The van der Waals surface area contributed by atoms with Gasteiger partial charge in [-0.05, 0) is 80.9 Å². The van der Waals surface area contributed by atoms with Crippen molar-refractivity contribution in [2.75, 3.05) is 33.3 Å². The number of rotatable bonds is 5. The molecule has 2 aliphatic rings. The second-order valence-corrected chi connectivity index (χ2v) is 8.58. The number of Topliss-reactive ketones (excluding diaryl/α,β-unsaturated/α-hetero) is 1. The highest BCUT2D eigenvalue weighted by molar-refractivity contribution is 5.97. The van der Waals surface area contributed by atoms with Gasteiger partial charge in [-0.25, -0.2) is 4.39 Å². The second kappa shape index (κ2) is 9.79. The van der Waals surface area contributed by atoms with Crippen molar-refractivity contribution in [3.8, 4) is 5.75 Å². The van der Waals surface area contributed by atoms with E-state index in [1.54, 1.807) is 48.4 Å². The summed E-state index contributed by atoms with van der Waals surface area (Å²) in [6.45, 7) is 2.34. The lowest BCUT2D eigenvalue weighted by Gasteiger charge is -2.44. The monoisotopic (exact) mass is 440 g/mol. The molecule has 0 radical (unpaired) electrons. The number of aliphatic hydroxyl groups excluding tert-OH is 1. The molecule has 0 saturated carbocycles. The van der Waals surface area contributed by atoms with Crippen molar-refractivity contribution in [2.24, 2.45) is 5.92 Å². The minimum absolute atomic E-state index is 0.0169. The molecule has 32 heavy (non-hydrogen) atoms. The lowest BCUT2D eigenvalue weighted by atomic mass is 9.87. The SMILES string of the molecule is COc1ccc(C(=O)N2CCC(N3CCC(C(=O)c4ccc(F)cc4)CC3)C(O)C2)cc1. The summed E-state index contributed by atoms with van der Waals surface area (Å²) in [5.74, 6) is 0.244. The van der Waals surface area contributed by atoms with Gasteiger partial charge in [-0.15, -0.1) is 0 Å². The van der Waals surface area contributed by atoms with Crippen molar-refractivity contribution in [1.82, 2.24) is 9.80 Å². The first kappa shape index (κ1) is 22.4. The van der Waals surface area contributed by atoms with Gasteiger partial charge in [0.05, 0.1) is 13.2 Å². The number of halogens is 1. The first-order chi connectivity index (χ1) is 15.5. The number of piperidine rings is 2. The van der Waals surface area contributed by atoms with Crippen molar-refractivity contribution in [3.63, 3.8) is 0 Å². The first-order valence-electron chi connectivity index (χ1n) is 11.1. The summed E-state index contributed by atoms with van der Waals surface area (Å²) in [6.07, 6.45) is 1.50. The van der Waals surface area contributed by atoms with Crippen LogP contribution in [0.3, 0.4) is 0 Å². The maximum absolute atomic E-state index is 13.1. The molecule has 2 saturated heterocycles. The Balaban J connectivity index is 1.30. The van der Waals surface area contributed by atoms with Gasteiger partial charge in [0.25, 0.3) is 5.91 Å². The van der Waals surface area contributed by atoms with Crippen LogP contribution in [0.25, 0.3) is 0 Å². The molecule has 2 fully saturated rings. The van der Waals surface area contributed by atoms with E-state index in [0.29, 0.717) is 49.2 Å². The molecule has 4 rings (SSSR count). The predicted molar refractivity (Wildman–Crippen MR) is 118 cm³/mol. The summed E-state index contributed by atoms with van der Waals surface area (Å²) in [4.78, 5) is 29.5. The zero-order valence-corrected chi connectivity index (χ0v) is 18.2. The van der Waals surface area contributed by atoms with Crippen LogP contribution in [0.1, 0.15) is 40.0 Å². The third-order valence-corrected chi connectivity index (χ3v) is 6.67. The van der Waals surface area contributed by atoms with Crippen molar-refractivity contribution in [3.05, 3.63) is 65.5 Å². The van der Waals surface area contributed by atoms with Crippen LogP contribution < -0.4 is 4.74 Å². The van der Waals surface area contributed by atoms with Gasteiger partial charge in [-0.3, -0.25) is 14.5 Å². The summed E-state index contributed by atoms with van der Waals surface area (Å²) in [7, 11) is 1.58. The van der Waals surface area contributed by atoms with E-state index in [1.807, 2.05) is 0 Å². The van der Waals surface area contributed by atoms with Crippen molar-refractivity contribution >= 4 is 11.7 Å². The zero-order valence-electron chi connectivity index (χ0n) is 18.2. The molecule has 2 unspecified atom stereocenters. The van der Waals surface area contributed by atoms with E-state index in [-0.39, 0.29) is 29.5 Å². The van der Waals surface area contributed by atoms with Crippen LogP contribution in [0, 0.1) is 11.7 Å². The Morgan fingerprint density at radius 1 is 0.938 bits per heavy atom. The molecule has 1 N–H and O–H groups in total. The lowest BCUT2D eigenvalue weighted by molar-refractivity contribution is -0.0185. The quantitative estimate of drug-likeness (QED) is 0.724. The Hall–Kier alpha value is -2.77. The summed E-state index contributed by atoms with van der Waals surface area (Å²) in [5.41, 5.74) is 1.13. The zero-order chi connectivity index (χ0) is 22.7. The number of methoxy groups -OCH3 is 1. The van der Waals surface area contributed by atoms with Crippen LogP contribution in [0.4, 0.5) is 4.39 Å². The van der Waals surface area contributed by atoms with Crippen LogP contribution in [0.2, 0.25) is 0 Å². The minimum Gasteiger partial charge on any atom is -0.497 e. The molecular formula is C25H29FN2O4. The fraction of sp³-hybridized carbons (Fsp3) is 0.440. The molecule has 2 aliphatic heterocycles. The molecular weight excluding hydrogens is 411 g/mol. The number of hydrogen-bond acceptors (Lipinski definition) is 5. The molecule has 0 spiro atoms. The van der Waals surface area contributed by atoms with E-state index in [4.69, 9.17) is 4.74 Å². The highest BCUT2D eigenvalue weighted by atomic mass is 19.1. The number of nitrogens with zero attached hydrogens (tertiary/aromatic N) is 2. The van der Waals surface area contributed by atoms with Gasteiger partial charge in [0.2, 0.25) is 0 Å². The molecule has 6 nitrogen and oxygen atoms in total. The Labute approximate surface area is 187 Å².